The maximum atomic E-state index is 12.9. The van der Waals surface area contributed by atoms with E-state index in [1.807, 2.05) is 19.2 Å². The average Bonchev–Trinajstić information content (AvgIpc) is 2.50. The average molecular weight is 276 g/mol. The number of hydrogen-bond acceptors (Lipinski definition) is 4. The van der Waals surface area contributed by atoms with Crippen LogP contribution in [0.2, 0.25) is 0 Å². The smallest absolute Gasteiger partial charge is 0.123 e. The van der Waals surface area contributed by atoms with Crippen molar-refractivity contribution in [3.63, 3.8) is 0 Å². The summed E-state index contributed by atoms with van der Waals surface area (Å²) in [7, 11) is 1.82. The van der Waals surface area contributed by atoms with Gasteiger partial charge in [0.15, 0.2) is 0 Å². The van der Waals surface area contributed by atoms with Crippen molar-refractivity contribution in [2.24, 2.45) is 0 Å². The molecule has 1 saturated heterocycles. The molecule has 0 amide bonds. The molecule has 1 heterocycles. The Morgan fingerprint density at radius 1 is 1.25 bits per heavy atom. The van der Waals surface area contributed by atoms with E-state index in [1.165, 1.54) is 12.1 Å². The van der Waals surface area contributed by atoms with E-state index in [-0.39, 0.29) is 11.9 Å². The third-order valence-electron chi connectivity index (χ3n) is 3.80. The van der Waals surface area contributed by atoms with Crippen LogP contribution in [-0.2, 0) is 0 Å². The van der Waals surface area contributed by atoms with E-state index in [4.69, 9.17) is 5.26 Å². The lowest BCUT2D eigenvalue weighted by Crippen LogP contribution is -2.47. The van der Waals surface area contributed by atoms with Crippen LogP contribution in [-0.4, -0.2) is 50.7 Å². The minimum absolute atomic E-state index is 0.0647. The lowest BCUT2D eigenvalue weighted by Gasteiger charge is -2.36. The summed E-state index contributed by atoms with van der Waals surface area (Å²) in [4.78, 5) is 4.65. The molecule has 0 bridgehead atoms. The van der Waals surface area contributed by atoms with E-state index in [9.17, 15) is 4.39 Å². The Bertz CT molecular complexity index is 446. The third kappa shape index (κ3) is 3.92. The van der Waals surface area contributed by atoms with Crippen molar-refractivity contribution in [1.82, 2.24) is 10.2 Å². The monoisotopic (exact) mass is 276 g/mol. The summed E-state index contributed by atoms with van der Waals surface area (Å²) in [5.41, 5.74) is 1.08. The summed E-state index contributed by atoms with van der Waals surface area (Å²) in [5.74, 6) is -0.193. The number of anilines is 1. The molecule has 1 aliphatic rings. The van der Waals surface area contributed by atoms with Gasteiger partial charge in [0.1, 0.15) is 5.82 Å². The van der Waals surface area contributed by atoms with Crippen molar-refractivity contribution < 1.29 is 4.39 Å². The molecule has 1 aromatic rings. The summed E-state index contributed by atoms with van der Waals surface area (Å²) in [6.45, 7) is 4.81. The zero-order valence-electron chi connectivity index (χ0n) is 11.8. The molecule has 0 saturated carbocycles. The Hall–Kier alpha value is -1.64. The van der Waals surface area contributed by atoms with Gasteiger partial charge in [0, 0.05) is 38.4 Å². The predicted molar refractivity (Wildman–Crippen MR) is 78.1 cm³/mol. The van der Waals surface area contributed by atoms with Crippen LogP contribution in [0.15, 0.2) is 24.3 Å². The number of hydrogen-bond donors (Lipinski definition) is 1. The van der Waals surface area contributed by atoms with Gasteiger partial charge in [-0.3, -0.25) is 4.90 Å². The van der Waals surface area contributed by atoms with Crippen LogP contribution in [0.1, 0.15) is 6.42 Å². The molecule has 1 aromatic carbocycles. The van der Waals surface area contributed by atoms with Gasteiger partial charge in [-0.2, -0.15) is 5.26 Å². The van der Waals surface area contributed by atoms with Crippen LogP contribution in [0, 0.1) is 17.1 Å². The number of halogens is 1. The molecule has 2 rings (SSSR count). The molecule has 5 heteroatoms. The highest BCUT2D eigenvalue weighted by molar-refractivity contribution is 5.46. The summed E-state index contributed by atoms with van der Waals surface area (Å²) in [6, 6.07) is 8.86. The highest BCUT2D eigenvalue weighted by Gasteiger charge is 2.17. The first-order valence-electron chi connectivity index (χ1n) is 7.02. The summed E-state index contributed by atoms with van der Waals surface area (Å²) >= 11 is 0. The van der Waals surface area contributed by atoms with Crippen molar-refractivity contribution in [2.75, 3.05) is 44.7 Å². The molecule has 0 spiro atoms. The number of nitriles is 1. The van der Waals surface area contributed by atoms with E-state index in [0.717, 1.165) is 44.8 Å². The van der Waals surface area contributed by atoms with E-state index in [2.05, 4.69) is 21.2 Å². The molecular formula is C15H21FN4. The molecule has 1 N–H and O–H groups in total. The van der Waals surface area contributed by atoms with Gasteiger partial charge in [-0.25, -0.2) is 4.39 Å². The highest BCUT2D eigenvalue weighted by atomic mass is 19.1. The number of nitrogens with one attached hydrogen (secondary N) is 1. The highest BCUT2D eigenvalue weighted by Crippen LogP contribution is 2.17. The molecule has 0 aliphatic carbocycles. The van der Waals surface area contributed by atoms with Crippen LogP contribution in [0.25, 0.3) is 0 Å². The Labute approximate surface area is 119 Å². The van der Waals surface area contributed by atoms with Crippen LogP contribution >= 0.6 is 0 Å². The maximum Gasteiger partial charge on any atom is 0.123 e. The molecule has 1 atom stereocenters. The van der Waals surface area contributed by atoms with Crippen molar-refractivity contribution in [1.29, 1.82) is 5.26 Å². The fraction of sp³-hybridized carbons (Fsp3) is 0.533. The fourth-order valence-corrected chi connectivity index (χ4v) is 2.47. The van der Waals surface area contributed by atoms with Crippen LogP contribution < -0.4 is 10.2 Å². The third-order valence-corrected chi connectivity index (χ3v) is 3.80. The standard InChI is InChI=1S/C15H21FN4/c1-18-14(12-17)6-7-19-8-10-20(11-9-19)15-4-2-13(16)3-5-15/h2-5,14,18H,6-11H2,1H3. The van der Waals surface area contributed by atoms with Crippen LogP contribution in [0.5, 0.6) is 0 Å². The van der Waals surface area contributed by atoms with E-state index >= 15 is 0 Å². The zero-order valence-corrected chi connectivity index (χ0v) is 11.8. The second kappa shape index (κ2) is 7.22. The minimum atomic E-state index is -0.193. The van der Waals surface area contributed by atoms with Crippen molar-refractivity contribution in [3.05, 3.63) is 30.1 Å². The molecular weight excluding hydrogens is 255 g/mol. The number of nitrogens with zero attached hydrogens (tertiary/aromatic N) is 3. The molecule has 1 fully saturated rings. The van der Waals surface area contributed by atoms with E-state index in [1.54, 1.807) is 0 Å². The lowest BCUT2D eigenvalue weighted by molar-refractivity contribution is 0.250. The lowest BCUT2D eigenvalue weighted by atomic mass is 10.2. The Kier molecular flexibility index (Phi) is 5.33. The number of rotatable bonds is 5. The molecule has 1 aliphatic heterocycles. The Balaban J connectivity index is 1.78. The summed E-state index contributed by atoms with van der Waals surface area (Å²) in [6.07, 6.45) is 0.851. The zero-order chi connectivity index (χ0) is 14.4. The first-order valence-corrected chi connectivity index (χ1v) is 7.02. The second-order valence-electron chi connectivity index (χ2n) is 5.06. The summed E-state index contributed by atoms with van der Waals surface area (Å²) in [5, 5.41) is 11.9. The van der Waals surface area contributed by atoms with Gasteiger partial charge in [0.25, 0.3) is 0 Å². The van der Waals surface area contributed by atoms with Crippen molar-refractivity contribution in [3.8, 4) is 6.07 Å². The second-order valence-corrected chi connectivity index (χ2v) is 5.06. The Morgan fingerprint density at radius 2 is 1.90 bits per heavy atom. The summed E-state index contributed by atoms with van der Waals surface area (Å²) < 4.78 is 12.9. The van der Waals surface area contributed by atoms with Gasteiger partial charge in [-0.1, -0.05) is 0 Å². The molecule has 0 aromatic heterocycles. The van der Waals surface area contributed by atoms with Crippen LogP contribution in [0.4, 0.5) is 10.1 Å². The predicted octanol–water partition coefficient (Wildman–Crippen LogP) is 1.45. The van der Waals surface area contributed by atoms with Gasteiger partial charge in [0.2, 0.25) is 0 Å². The van der Waals surface area contributed by atoms with Gasteiger partial charge in [-0.05, 0) is 37.7 Å². The first-order chi connectivity index (χ1) is 9.72. The first kappa shape index (κ1) is 14.8. The minimum Gasteiger partial charge on any atom is -0.369 e. The van der Waals surface area contributed by atoms with Crippen molar-refractivity contribution >= 4 is 5.69 Å². The number of benzene rings is 1. The maximum absolute atomic E-state index is 12.9. The largest absolute Gasteiger partial charge is 0.369 e. The fourth-order valence-electron chi connectivity index (χ4n) is 2.47. The molecule has 20 heavy (non-hydrogen) atoms. The topological polar surface area (TPSA) is 42.3 Å². The van der Waals surface area contributed by atoms with Gasteiger partial charge in [0.05, 0.1) is 12.1 Å². The van der Waals surface area contributed by atoms with Gasteiger partial charge < -0.3 is 10.2 Å². The van der Waals surface area contributed by atoms with E-state index in [0.29, 0.717) is 0 Å². The Morgan fingerprint density at radius 3 is 2.45 bits per heavy atom. The SMILES string of the molecule is CNC(C#N)CCN1CCN(c2ccc(F)cc2)CC1. The normalized spacial score (nSPS) is 17.8. The molecule has 0 radical (unpaired) electrons. The molecule has 4 nitrogen and oxygen atoms in total. The van der Waals surface area contributed by atoms with Gasteiger partial charge in [-0.15, -0.1) is 0 Å². The molecule has 1 unspecified atom stereocenters. The van der Waals surface area contributed by atoms with Crippen LogP contribution in [0.3, 0.4) is 0 Å². The molecule has 108 valence electrons. The number of piperazine rings is 1. The van der Waals surface area contributed by atoms with E-state index < -0.39 is 0 Å². The van der Waals surface area contributed by atoms with Gasteiger partial charge >= 0.3 is 0 Å². The quantitative estimate of drug-likeness (QED) is 0.884. The van der Waals surface area contributed by atoms with Crippen molar-refractivity contribution in [2.45, 2.75) is 12.5 Å².